The molecule has 0 aliphatic rings. The smallest absolute Gasteiger partial charge is 0.272 e. The van der Waals surface area contributed by atoms with Gasteiger partial charge in [-0.2, -0.15) is 0 Å². The average molecular weight is 214 g/mol. The van der Waals surface area contributed by atoms with E-state index in [2.05, 4.69) is 4.72 Å². The van der Waals surface area contributed by atoms with Gasteiger partial charge in [0.25, 0.3) is 5.92 Å². The van der Waals surface area contributed by atoms with Crippen LogP contribution in [-0.4, -0.2) is 38.5 Å². The molecule has 0 fully saturated rings. The molecule has 0 amide bonds. The molecule has 0 aromatic rings. The summed E-state index contributed by atoms with van der Waals surface area (Å²) in [5.74, 6) is -2.78. The third kappa shape index (κ3) is 8.42. The molecule has 0 radical (unpaired) electrons. The highest BCUT2D eigenvalue weighted by Crippen LogP contribution is 2.17. The van der Waals surface area contributed by atoms with Crippen LogP contribution in [0.4, 0.5) is 8.78 Å². The van der Waals surface area contributed by atoms with Crippen molar-refractivity contribution in [3.8, 4) is 0 Å². The van der Waals surface area contributed by atoms with Crippen LogP contribution in [0.3, 0.4) is 0 Å². The standard InChI is InChI=1S/C7H16F2N2OS/c1-13-11-4-5-12-6-7(8,9)2-3-10/h11H,2-6,10H2,1H3. The van der Waals surface area contributed by atoms with Crippen LogP contribution in [0.15, 0.2) is 0 Å². The van der Waals surface area contributed by atoms with Gasteiger partial charge in [0, 0.05) is 13.0 Å². The molecule has 0 heterocycles. The van der Waals surface area contributed by atoms with Gasteiger partial charge < -0.3 is 10.5 Å². The second kappa shape index (κ2) is 7.49. The monoisotopic (exact) mass is 214 g/mol. The first-order chi connectivity index (χ1) is 6.12. The SMILES string of the molecule is CSNCCOCC(F)(F)CCN. The van der Waals surface area contributed by atoms with Crippen molar-refractivity contribution in [2.75, 3.05) is 32.6 Å². The Morgan fingerprint density at radius 2 is 2.23 bits per heavy atom. The van der Waals surface area contributed by atoms with Gasteiger partial charge in [0.05, 0.1) is 6.61 Å². The van der Waals surface area contributed by atoms with E-state index in [4.69, 9.17) is 10.5 Å². The summed E-state index contributed by atoms with van der Waals surface area (Å²) in [5.41, 5.74) is 5.02. The second-order valence-electron chi connectivity index (χ2n) is 2.55. The van der Waals surface area contributed by atoms with Gasteiger partial charge in [-0.05, 0) is 12.8 Å². The Morgan fingerprint density at radius 3 is 2.77 bits per heavy atom. The van der Waals surface area contributed by atoms with Crippen molar-refractivity contribution in [2.45, 2.75) is 12.3 Å². The van der Waals surface area contributed by atoms with Crippen molar-refractivity contribution in [3.05, 3.63) is 0 Å². The highest BCUT2D eigenvalue weighted by molar-refractivity contribution is 7.96. The first-order valence-electron chi connectivity index (χ1n) is 4.04. The van der Waals surface area contributed by atoms with E-state index in [-0.39, 0.29) is 13.0 Å². The fourth-order valence-corrected chi connectivity index (χ4v) is 1.01. The van der Waals surface area contributed by atoms with E-state index in [0.29, 0.717) is 13.2 Å². The molecule has 3 nitrogen and oxygen atoms in total. The zero-order valence-electron chi connectivity index (χ0n) is 7.69. The molecule has 0 bridgehead atoms. The summed E-state index contributed by atoms with van der Waals surface area (Å²) in [6, 6.07) is 0. The first kappa shape index (κ1) is 13.1. The molecule has 0 unspecified atom stereocenters. The van der Waals surface area contributed by atoms with Crippen LogP contribution in [0.25, 0.3) is 0 Å². The predicted molar refractivity (Wildman–Crippen MR) is 51.0 cm³/mol. The molecule has 0 aliphatic carbocycles. The molecule has 0 saturated carbocycles. The molecule has 0 rings (SSSR count). The van der Waals surface area contributed by atoms with Crippen molar-refractivity contribution in [3.63, 3.8) is 0 Å². The topological polar surface area (TPSA) is 47.3 Å². The molecule has 3 N–H and O–H groups in total. The highest BCUT2D eigenvalue weighted by Gasteiger charge is 2.27. The van der Waals surface area contributed by atoms with Crippen molar-refractivity contribution in [1.29, 1.82) is 0 Å². The lowest BCUT2D eigenvalue weighted by Gasteiger charge is -2.15. The normalized spacial score (nSPS) is 12.0. The van der Waals surface area contributed by atoms with Crippen molar-refractivity contribution >= 4 is 11.9 Å². The van der Waals surface area contributed by atoms with Crippen molar-refractivity contribution in [1.82, 2.24) is 4.72 Å². The van der Waals surface area contributed by atoms with Crippen LogP contribution >= 0.6 is 11.9 Å². The Bertz CT molecular complexity index is 127. The van der Waals surface area contributed by atoms with Crippen LogP contribution in [0.1, 0.15) is 6.42 Å². The minimum Gasteiger partial charge on any atom is -0.374 e. The molecule has 0 atom stereocenters. The Hall–Kier alpha value is 0.0900. The van der Waals surface area contributed by atoms with Gasteiger partial charge in [0.1, 0.15) is 6.61 Å². The summed E-state index contributed by atoms with van der Waals surface area (Å²) in [5, 5.41) is 0. The van der Waals surface area contributed by atoms with E-state index in [0.717, 1.165) is 0 Å². The van der Waals surface area contributed by atoms with Gasteiger partial charge >= 0.3 is 0 Å². The molecule has 0 aromatic heterocycles. The fraction of sp³-hybridized carbons (Fsp3) is 1.00. The Kier molecular flexibility index (Phi) is 7.54. The van der Waals surface area contributed by atoms with Gasteiger partial charge in [-0.25, -0.2) is 8.78 Å². The molecule has 13 heavy (non-hydrogen) atoms. The lowest BCUT2D eigenvalue weighted by Crippen LogP contribution is -2.28. The summed E-state index contributed by atoms with van der Waals surface area (Å²) in [6.45, 7) is 0.306. The number of alkyl halides is 2. The summed E-state index contributed by atoms with van der Waals surface area (Å²) in [4.78, 5) is 0. The molecule has 0 aliphatic heterocycles. The lowest BCUT2D eigenvalue weighted by molar-refractivity contribution is -0.0790. The van der Waals surface area contributed by atoms with Crippen molar-refractivity contribution in [2.24, 2.45) is 5.73 Å². The van der Waals surface area contributed by atoms with Crippen LogP contribution in [-0.2, 0) is 4.74 Å². The number of nitrogens with one attached hydrogen (secondary N) is 1. The van der Waals surface area contributed by atoms with E-state index in [1.807, 2.05) is 6.26 Å². The maximum Gasteiger partial charge on any atom is 0.272 e. The maximum absolute atomic E-state index is 12.7. The molecule has 80 valence electrons. The summed E-state index contributed by atoms with van der Waals surface area (Å²) in [7, 11) is 0. The van der Waals surface area contributed by atoms with Gasteiger partial charge in [-0.3, -0.25) is 4.72 Å². The molecule has 6 heteroatoms. The van der Waals surface area contributed by atoms with Gasteiger partial charge in [0.2, 0.25) is 0 Å². The van der Waals surface area contributed by atoms with Crippen LogP contribution in [0, 0.1) is 0 Å². The largest absolute Gasteiger partial charge is 0.374 e. The number of nitrogens with two attached hydrogens (primary N) is 1. The van der Waals surface area contributed by atoms with Gasteiger partial charge in [-0.15, -0.1) is 0 Å². The van der Waals surface area contributed by atoms with E-state index in [1.54, 1.807) is 0 Å². The van der Waals surface area contributed by atoms with Crippen LogP contribution in [0.2, 0.25) is 0 Å². The summed E-state index contributed by atoms with van der Waals surface area (Å²) >= 11 is 1.43. The van der Waals surface area contributed by atoms with Crippen LogP contribution < -0.4 is 10.5 Å². The molecule has 0 aromatic carbocycles. The van der Waals surface area contributed by atoms with E-state index in [9.17, 15) is 8.78 Å². The minimum atomic E-state index is -2.78. The highest BCUT2D eigenvalue weighted by atomic mass is 32.2. The van der Waals surface area contributed by atoms with Crippen molar-refractivity contribution < 1.29 is 13.5 Å². The molecular weight excluding hydrogens is 198 g/mol. The van der Waals surface area contributed by atoms with Gasteiger partial charge in [0.15, 0.2) is 0 Å². The van der Waals surface area contributed by atoms with Crippen LogP contribution in [0.5, 0.6) is 0 Å². The second-order valence-corrected chi connectivity index (χ2v) is 3.24. The zero-order valence-corrected chi connectivity index (χ0v) is 8.50. The molecule has 0 spiro atoms. The quantitative estimate of drug-likeness (QED) is 0.464. The molecule has 0 saturated heterocycles. The number of hydrogen-bond acceptors (Lipinski definition) is 4. The molecular formula is C7H16F2N2OS. The maximum atomic E-state index is 12.7. The number of rotatable bonds is 8. The zero-order chi connectivity index (χ0) is 10.2. The summed E-state index contributed by atoms with van der Waals surface area (Å²) < 4.78 is 33.1. The lowest BCUT2D eigenvalue weighted by atomic mass is 10.2. The van der Waals surface area contributed by atoms with E-state index in [1.165, 1.54) is 11.9 Å². The Balaban J connectivity index is 3.29. The summed E-state index contributed by atoms with van der Waals surface area (Å²) in [6.07, 6.45) is 1.55. The average Bonchev–Trinajstić information content (AvgIpc) is 2.04. The minimum absolute atomic E-state index is 0.0145. The Labute approximate surface area is 81.5 Å². The first-order valence-corrected chi connectivity index (χ1v) is 5.26. The third-order valence-corrected chi connectivity index (χ3v) is 1.81. The predicted octanol–water partition coefficient (Wildman–Crippen LogP) is 0.855. The van der Waals surface area contributed by atoms with Gasteiger partial charge in [-0.1, -0.05) is 11.9 Å². The number of hydrogen-bond donors (Lipinski definition) is 2. The fourth-order valence-electron chi connectivity index (χ4n) is 0.721. The third-order valence-electron chi connectivity index (χ3n) is 1.32. The Morgan fingerprint density at radius 1 is 1.54 bits per heavy atom. The van der Waals surface area contributed by atoms with E-state index < -0.39 is 12.5 Å². The number of ether oxygens (including phenoxy) is 1. The number of halogens is 2. The van der Waals surface area contributed by atoms with E-state index >= 15 is 0 Å².